The van der Waals surface area contributed by atoms with Crippen molar-refractivity contribution in [2.45, 2.75) is 57.4 Å². The molecule has 2 aromatic rings. The number of anilines is 1. The second-order valence-electron chi connectivity index (χ2n) is 8.96. The minimum Gasteiger partial charge on any atom is -0.352 e. The van der Waals surface area contributed by atoms with E-state index >= 15 is 0 Å². The Morgan fingerprint density at radius 1 is 1.00 bits per heavy atom. The van der Waals surface area contributed by atoms with Gasteiger partial charge in [-0.05, 0) is 75.6 Å². The van der Waals surface area contributed by atoms with Crippen LogP contribution in [0.4, 0.5) is 5.69 Å². The summed E-state index contributed by atoms with van der Waals surface area (Å²) in [5.41, 5.74) is 3.42. The first-order chi connectivity index (χ1) is 14.2. The molecule has 0 radical (unpaired) electrons. The van der Waals surface area contributed by atoms with Crippen LogP contribution in [0.3, 0.4) is 0 Å². The zero-order chi connectivity index (χ0) is 21.5. The smallest absolute Gasteiger partial charge is 0.264 e. The number of aryl methyl sites for hydroxylation is 3. The first-order valence-corrected chi connectivity index (χ1v) is 12.1. The van der Waals surface area contributed by atoms with Crippen molar-refractivity contribution in [1.29, 1.82) is 0 Å². The Labute approximate surface area is 179 Å². The number of amides is 1. The van der Waals surface area contributed by atoms with Gasteiger partial charge in [0.1, 0.15) is 6.54 Å². The first kappa shape index (κ1) is 20.9. The van der Waals surface area contributed by atoms with Crippen LogP contribution in [0.2, 0.25) is 0 Å². The fourth-order valence-electron chi connectivity index (χ4n) is 5.03. The molecular formula is C24H30N2O3S. The molecule has 2 fully saturated rings. The van der Waals surface area contributed by atoms with Gasteiger partial charge in [-0.3, -0.25) is 9.10 Å². The average molecular weight is 427 g/mol. The topological polar surface area (TPSA) is 66.5 Å². The molecular weight excluding hydrogens is 396 g/mol. The summed E-state index contributed by atoms with van der Waals surface area (Å²) < 4.78 is 28.3. The van der Waals surface area contributed by atoms with Crippen LogP contribution in [-0.4, -0.2) is 26.9 Å². The van der Waals surface area contributed by atoms with Crippen molar-refractivity contribution in [2.24, 2.45) is 11.8 Å². The molecule has 0 saturated heterocycles. The molecule has 0 aromatic heterocycles. The van der Waals surface area contributed by atoms with Crippen molar-refractivity contribution in [3.05, 3.63) is 59.2 Å². The van der Waals surface area contributed by atoms with E-state index in [1.165, 1.54) is 17.1 Å². The number of hydrogen-bond acceptors (Lipinski definition) is 3. The maximum absolute atomic E-state index is 13.5. The Balaban J connectivity index is 1.63. The summed E-state index contributed by atoms with van der Waals surface area (Å²) in [6, 6.07) is 12.6. The van der Waals surface area contributed by atoms with E-state index in [4.69, 9.17) is 0 Å². The summed E-state index contributed by atoms with van der Waals surface area (Å²) in [6.45, 7) is 5.56. The Hall–Kier alpha value is -2.34. The number of sulfonamides is 1. The van der Waals surface area contributed by atoms with Crippen molar-refractivity contribution in [3.63, 3.8) is 0 Å². The van der Waals surface area contributed by atoms with Crippen LogP contribution < -0.4 is 9.62 Å². The molecule has 0 spiro atoms. The number of nitrogens with zero attached hydrogens (tertiary/aromatic N) is 1. The lowest BCUT2D eigenvalue weighted by Crippen LogP contribution is -2.46. The largest absolute Gasteiger partial charge is 0.352 e. The van der Waals surface area contributed by atoms with Gasteiger partial charge in [-0.1, -0.05) is 41.8 Å². The number of benzene rings is 2. The summed E-state index contributed by atoms with van der Waals surface area (Å²) in [6.07, 6.45) is 4.63. The summed E-state index contributed by atoms with van der Waals surface area (Å²) in [7, 11) is -3.87. The molecule has 0 heterocycles. The third kappa shape index (κ3) is 4.10. The molecule has 0 aliphatic heterocycles. The quantitative estimate of drug-likeness (QED) is 0.756. The van der Waals surface area contributed by atoms with E-state index in [1.54, 1.807) is 30.3 Å². The molecule has 5 nitrogen and oxygen atoms in total. The fourth-order valence-corrected chi connectivity index (χ4v) is 6.51. The third-order valence-corrected chi connectivity index (χ3v) is 8.38. The van der Waals surface area contributed by atoms with Gasteiger partial charge in [0.15, 0.2) is 0 Å². The number of carbonyl (C=O) groups excluding carboxylic acids is 1. The highest BCUT2D eigenvalue weighted by Crippen LogP contribution is 2.44. The van der Waals surface area contributed by atoms with Crippen LogP contribution in [0, 0.1) is 32.6 Å². The molecule has 1 N–H and O–H groups in total. The van der Waals surface area contributed by atoms with Crippen LogP contribution in [0.5, 0.6) is 0 Å². The minimum absolute atomic E-state index is 0.180. The van der Waals surface area contributed by atoms with E-state index in [2.05, 4.69) is 5.32 Å². The van der Waals surface area contributed by atoms with Gasteiger partial charge in [0, 0.05) is 6.04 Å². The Bertz CT molecular complexity index is 1050. The number of hydrogen-bond donors (Lipinski definition) is 1. The number of rotatable bonds is 6. The van der Waals surface area contributed by atoms with Crippen molar-refractivity contribution < 1.29 is 13.2 Å². The molecule has 6 heteroatoms. The predicted molar refractivity (Wildman–Crippen MR) is 119 cm³/mol. The normalized spacial score (nSPS) is 22.8. The van der Waals surface area contributed by atoms with Gasteiger partial charge in [-0.25, -0.2) is 8.42 Å². The first-order valence-electron chi connectivity index (χ1n) is 10.7. The predicted octanol–water partition coefficient (Wildman–Crippen LogP) is 4.11. The van der Waals surface area contributed by atoms with Gasteiger partial charge in [0.2, 0.25) is 5.91 Å². The fraction of sp³-hybridized carbons (Fsp3) is 0.458. The molecule has 3 atom stereocenters. The van der Waals surface area contributed by atoms with Crippen LogP contribution in [0.15, 0.2) is 47.4 Å². The molecule has 2 aromatic carbocycles. The zero-order valence-corrected chi connectivity index (χ0v) is 18.7. The van der Waals surface area contributed by atoms with Crippen LogP contribution >= 0.6 is 0 Å². The lowest BCUT2D eigenvalue weighted by atomic mass is 9.95. The van der Waals surface area contributed by atoms with Crippen LogP contribution in [0.25, 0.3) is 0 Å². The number of nitrogens with one attached hydrogen (secondary N) is 1. The van der Waals surface area contributed by atoms with E-state index in [-0.39, 0.29) is 23.4 Å². The monoisotopic (exact) mass is 426 g/mol. The molecule has 1 amide bonds. The Morgan fingerprint density at radius 2 is 1.70 bits per heavy atom. The molecule has 2 aliphatic rings. The Morgan fingerprint density at radius 3 is 2.30 bits per heavy atom. The minimum atomic E-state index is -3.87. The van der Waals surface area contributed by atoms with Gasteiger partial charge in [0.05, 0.1) is 10.6 Å². The standard InChI is InChI=1S/C24H30N2O3S/c1-16-4-9-21(10-5-16)30(28,29)26(23-11-6-17(2)12-18(23)3)15-24(27)25-22-14-19-7-8-20(22)13-19/h4-6,9-12,19-20,22H,7-8,13-15H2,1-3H3,(H,25,27)/t19-,20+,22+/m0/s1. The van der Waals surface area contributed by atoms with Gasteiger partial charge in [-0.2, -0.15) is 0 Å². The molecule has 2 saturated carbocycles. The van der Waals surface area contributed by atoms with Crippen LogP contribution in [-0.2, 0) is 14.8 Å². The maximum atomic E-state index is 13.5. The van der Waals surface area contributed by atoms with E-state index in [0.717, 1.165) is 29.5 Å². The molecule has 0 unspecified atom stereocenters. The molecule has 2 aliphatic carbocycles. The second kappa shape index (κ2) is 8.06. The zero-order valence-electron chi connectivity index (χ0n) is 17.9. The highest BCUT2D eigenvalue weighted by Gasteiger charge is 2.40. The van der Waals surface area contributed by atoms with Crippen molar-refractivity contribution in [1.82, 2.24) is 5.32 Å². The van der Waals surface area contributed by atoms with E-state index in [0.29, 0.717) is 17.5 Å². The van der Waals surface area contributed by atoms with Crippen molar-refractivity contribution >= 4 is 21.6 Å². The number of fused-ring (bicyclic) bond motifs is 2. The molecule has 2 bridgehead atoms. The van der Waals surface area contributed by atoms with Crippen molar-refractivity contribution in [3.8, 4) is 0 Å². The van der Waals surface area contributed by atoms with Crippen LogP contribution in [0.1, 0.15) is 42.4 Å². The lowest BCUT2D eigenvalue weighted by molar-refractivity contribution is -0.120. The van der Waals surface area contributed by atoms with Gasteiger partial charge in [0.25, 0.3) is 10.0 Å². The molecule has 30 heavy (non-hydrogen) atoms. The van der Waals surface area contributed by atoms with E-state index in [9.17, 15) is 13.2 Å². The van der Waals surface area contributed by atoms with E-state index < -0.39 is 10.0 Å². The third-order valence-electron chi connectivity index (χ3n) is 6.60. The Kier molecular flexibility index (Phi) is 5.62. The number of carbonyl (C=O) groups is 1. The summed E-state index contributed by atoms with van der Waals surface area (Å²) in [5, 5.41) is 3.13. The van der Waals surface area contributed by atoms with Gasteiger partial charge < -0.3 is 5.32 Å². The SMILES string of the molecule is Cc1ccc(S(=O)(=O)N(CC(=O)N[C@@H]2C[C@H]3CC[C@@H]2C3)c2ccc(C)cc2C)cc1. The highest BCUT2D eigenvalue weighted by atomic mass is 32.2. The highest BCUT2D eigenvalue weighted by molar-refractivity contribution is 7.92. The van der Waals surface area contributed by atoms with E-state index in [1.807, 2.05) is 32.9 Å². The molecule has 4 rings (SSSR count). The molecule has 160 valence electrons. The van der Waals surface area contributed by atoms with Gasteiger partial charge in [-0.15, -0.1) is 0 Å². The second-order valence-corrected chi connectivity index (χ2v) is 10.8. The lowest BCUT2D eigenvalue weighted by Gasteiger charge is -2.28. The van der Waals surface area contributed by atoms with Crippen molar-refractivity contribution in [2.75, 3.05) is 10.8 Å². The maximum Gasteiger partial charge on any atom is 0.264 e. The summed E-state index contributed by atoms with van der Waals surface area (Å²) in [4.78, 5) is 13.1. The van der Waals surface area contributed by atoms with Gasteiger partial charge >= 0.3 is 0 Å². The summed E-state index contributed by atoms with van der Waals surface area (Å²) >= 11 is 0. The summed E-state index contributed by atoms with van der Waals surface area (Å²) in [5.74, 6) is 1.03. The average Bonchev–Trinajstić information content (AvgIpc) is 3.30.